The first-order valence-corrected chi connectivity index (χ1v) is 14.7. The zero-order valence-corrected chi connectivity index (χ0v) is 25.9. The molecule has 1 saturated heterocycles. The number of halogens is 3. The molecule has 1 fully saturated rings. The monoisotopic (exact) mass is 654 g/mol. The minimum absolute atomic E-state index is 0.160. The van der Waals surface area contributed by atoms with E-state index in [1.165, 1.54) is 5.56 Å². The number of carboxylic acid groups (broad SMARTS) is 1. The summed E-state index contributed by atoms with van der Waals surface area (Å²) in [4.78, 5) is 30.8. The number of methoxy groups -OCH3 is 1. The average molecular weight is 655 g/mol. The number of ether oxygens (including phenoxy) is 2. The number of benzene rings is 2. The van der Waals surface area contributed by atoms with Gasteiger partial charge in [-0.1, -0.05) is 5.16 Å². The Balaban J connectivity index is 0.000000559. The lowest BCUT2D eigenvalue weighted by Crippen LogP contribution is -2.56. The number of carboxylic acids is 1. The Kier molecular flexibility index (Phi) is 9.34. The molecular weight excluding hydrogens is 621 g/mol. The molecule has 0 bridgehead atoms. The van der Waals surface area contributed by atoms with Crippen LogP contribution in [0.2, 0.25) is 0 Å². The van der Waals surface area contributed by atoms with Gasteiger partial charge in [0.1, 0.15) is 29.5 Å². The Labute approximate surface area is 267 Å². The number of nitrogens with zero attached hydrogens (tertiary/aromatic N) is 4. The Morgan fingerprint density at radius 1 is 1.17 bits per heavy atom. The van der Waals surface area contributed by atoms with Gasteiger partial charge in [-0.2, -0.15) is 18.4 Å². The third-order valence-corrected chi connectivity index (χ3v) is 8.42. The Hall–Kier alpha value is -5.23. The fourth-order valence-electron chi connectivity index (χ4n) is 6.12. The van der Waals surface area contributed by atoms with Crippen molar-refractivity contribution in [3.05, 3.63) is 70.7 Å². The minimum atomic E-state index is -5.08. The number of alkyl halides is 3. The molecule has 2 amide bonds. The van der Waals surface area contributed by atoms with Gasteiger partial charge >= 0.3 is 18.2 Å². The van der Waals surface area contributed by atoms with Crippen molar-refractivity contribution in [2.24, 2.45) is 0 Å². The highest BCUT2D eigenvalue weighted by atomic mass is 19.4. The molecule has 1 spiro atoms. The van der Waals surface area contributed by atoms with Crippen LogP contribution in [0.4, 0.5) is 23.7 Å². The number of amides is 2. The van der Waals surface area contributed by atoms with Crippen molar-refractivity contribution in [2.75, 3.05) is 45.2 Å². The second-order valence-electron chi connectivity index (χ2n) is 11.3. The number of hydrogen-bond acceptors (Lipinski definition) is 8. The van der Waals surface area contributed by atoms with Crippen molar-refractivity contribution in [1.82, 2.24) is 19.9 Å². The highest BCUT2D eigenvalue weighted by Gasteiger charge is 2.51. The maximum atomic E-state index is 13.9. The molecule has 2 aliphatic heterocycles. The molecule has 15 heteroatoms. The first-order valence-electron chi connectivity index (χ1n) is 14.7. The molecule has 2 aliphatic rings. The summed E-state index contributed by atoms with van der Waals surface area (Å²) in [7, 11) is 1.68. The standard InChI is InChI=1S/C30H32N6O4.C2HF3O2/c1-19-27(20(2)40-34-19)33-29(37)36-12-10-24-25-16-23(38-3)8-9-26(25)32-28(24)30(36)11-13-35(18-30)14-15-39-22-6-4-21(17-31)5-7-22;3-2(4,5)1(6)7/h4-9,16,32H,10-15,18H2,1-3H3,(H,33,37);(H,6,7). The summed E-state index contributed by atoms with van der Waals surface area (Å²) in [6.07, 6.45) is -3.56. The molecule has 4 aromatic rings. The molecule has 0 aliphatic carbocycles. The van der Waals surface area contributed by atoms with Crippen LogP contribution in [-0.2, 0) is 16.8 Å². The van der Waals surface area contributed by atoms with E-state index in [4.69, 9.17) is 29.2 Å². The van der Waals surface area contributed by atoms with Crippen LogP contribution in [0.1, 0.15) is 34.7 Å². The summed E-state index contributed by atoms with van der Waals surface area (Å²) in [5, 5.41) is 24.4. The number of urea groups is 1. The minimum Gasteiger partial charge on any atom is -0.497 e. The number of aryl methyl sites for hydroxylation is 2. The molecule has 0 radical (unpaired) electrons. The van der Waals surface area contributed by atoms with E-state index in [1.54, 1.807) is 26.2 Å². The number of carbonyl (C=O) groups excluding carboxylic acids is 1. The zero-order valence-electron chi connectivity index (χ0n) is 25.9. The van der Waals surface area contributed by atoms with Crippen LogP contribution in [0, 0.1) is 25.2 Å². The van der Waals surface area contributed by atoms with Crippen LogP contribution in [-0.4, -0.2) is 83.1 Å². The number of aromatic nitrogens is 2. The van der Waals surface area contributed by atoms with Crippen molar-refractivity contribution >= 4 is 28.6 Å². The van der Waals surface area contributed by atoms with Gasteiger partial charge in [0.2, 0.25) is 0 Å². The fourth-order valence-corrected chi connectivity index (χ4v) is 6.12. The molecule has 248 valence electrons. The number of likely N-dealkylation sites (tertiary alicyclic amines) is 1. The van der Waals surface area contributed by atoms with Gasteiger partial charge in [-0.25, -0.2) is 9.59 Å². The van der Waals surface area contributed by atoms with Crippen LogP contribution in [0.15, 0.2) is 47.0 Å². The maximum Gasteiger partial charge on any atom is 0.490 e. The molecule has 2 aromatic heterocycles. The summed E-state index contributed by atoms with van der Waals surface area (Å²) in [5.41, 5.74) is 4.73. The molecule has 3 N–H and O–H groups in total. The Bertz CT molecular complexity index is 1790. The van der Waals surface area contributed by atoms with Gasteiger partial charge in [0, 0.05) is 42.8 Å². The van der Waals surface area contributed by atoms with Gasteiger partial charge in [0.05, 0.1) is 24.3 Å². The third kappa shape index (κ3) is 6.82. The number of aliphatic carboxylic acids is 1. The zero-order chi connectivity index (χ0) is 33.9. The van der Waals surface area contributed by atoms with E-state index in [9.17, 15) is 18.0 Å². The molecule has 1 unspecified atom stereocenters. The number of rotatable bonds is 6. The smallest absolute Gasteiger partial charge is 0.490 e. The highest BCUT2D eigenvalue weighted by molar-refractivity contribution is 5.93. The van der Waals surface area contributed by atoms with E-state index in [-0.39, 0.29) is 6.03 Å². The normalized spacial score (nSPS) is 17.5. The number of carbonyl (C=O) groups is 2. The number of hydrogen-bond donors (Lipinski definition) is 3. The highest BCUT2D eigenvalue weighted by Crippen LogP contribution is 2.45. The summed E-state index contributed by atoms with van der Waals surface area (Å²) < 4.78 is 48.5. The molecule has 47 heavy (non-hydrogen) atoms. The van der Waals surface area contributed by atoms with Crippen LogP contribution < -0.4 is 14.8 Å². The molecule has 6 rings (SSSR count). The van der Waals surface area contributed by atoms with E-state index in [0.717, 1.165) is 47.5 Å². The van der Waals surface area contributed by atoms with Crippen molar-refractivity contribution in [2.45, 2.75) is 38.4 Å². The van der Waals surface area contributed by atoms with Crippen LogP contribution >= 0.6 is 0 Å². The van der Waals surface area contributed by atoms with Gasteiger partial charge in [0.15, 0.2) is 5.76 Å². The van der Waals surface area contributed by atoms with Crippen LogP contribution in [0.3, 0.4) is 0 Å². The maximum absolute atomic E-state index is 13.9. The van der Waals surface area contributed by atoms with Crippen molar-refractivity contribution in [3.63, 3.8) is 0 Å². The fraction of sp³-hybridized carbons (Fsp3) is 0.375. The predicted molar refractivity (Wildman–Crippen MR) is 163 cm³/mol. The predicted octanol–water partition coefficient (Wildman–Crippen LogP) is 5.36. The van der Waals surface area contributed by atoms with E-state index in [2.05, 4.69) is 32.5 Å². The van der Waals surface area contributed by atoms with E-state index >= 15 is 0 Å². The largest absolute Gasteiger partial charge is 0.497 e. The van der Waals surface area contributed by atoms with E-state index in [0.29, 0.717) is 48.9 Å². The number of nitrogens with one attached hydrogen (secondary N) is 2. The molecule has 0 saturated carbocycles. The van der Waals surface area contributed by atoms with Crippen LogP contribution in [0.5, 0.6) is 11.5 Å². The summed E-state index contributed by atoms with van der Waals surface area (Å²) >= 11 is 0. The summed E-state index contributed by atoms with van der Waals surface area (Å²) in [5.74, 6) is -0.622. The lowest BCUT2D eigenvalue weighted by molar-refractivity contribution is -0.192. The number of aromatic amines is 1. The summed E-state index contributed by atoms with van der Waals surface area (Å²) in [6, 6.07) is 15.2. The van der Waals surface area contributed by atoms with E-state index < -0.39 is 17.7 Å². The lowest BCUT2D eigenvalue weighted by atomic mass is 9.84. The van der Waals surface area contributed by atoms with E-state index in [1.807, 2.05) is 36.1 Å². The number of fused-ring (bicyclic) bond motifs is 4. The Morgan fingerprint density at radius 3 is 2.49 bits per heavy atom. The molecular formula is C32H33F3N6O6. The Morgan fingerprint density at radius 2 is 1.87 bits per heavy atom. The van der Waals surface area contributed by atoms with Crippen molar-refractivity contribution in [3.8, 4) is 17.6 Å². The average Bonchev–Trinajstić information content (AvgIpc) is 3.73. The topological polar surface area (TPSA) is 157 Å². The first kappa shape index (κ1) is 33.1. The van der Waals surface area contributed by atoms with Crippen molar-refractivity contribution < 1.29 is 41.9 Å². The molecule has 2 aromatic carbocycles. The van der Waals surface area contributed by atoms with Crippen LogP contribution in [0.25, 0.3) is 10.9 Å². The van der Waals surface area contributed by atoms with Gasteiger partial charge in [-0.15, -0.1) is 0 Å². The number of nitriles is 1. The van der Waals surface area contributed by atoms with Gasteiger partial charge in [-0.3, -0.25) is 4.90 Å². The first-order chi connectivity index (χ1) is 22.4. The summed E-state index contributed by atoms with van der Waals surface area (Å²) in [6.45, 7) is 6.93. The molecule has 4 heterocycles. The van der Waals surface area contributed by atoms with Gasteiger partial charge in [0.25, 0.3) is 0 Å². The second kappa shape index (κ2) is 13.2. The van der Waals surface area contributed by atoms with Crippen molar-refractivity contribution in [1.29, 1.82) is 5.26 Å². The number of H-pyrrole nitrogens is 1. The molecule has 1 atom stereocenters. The number of anilines is 1. The third-order valence-electron chi connectivity index (χ3n) is 8.42. The quantitative estimate of drug-likeness (QED) is 0.249. The molecule has 12 nitrogen and oxygen atoms in total. The second-order valence-corrected chi connectivity index (χ2v) is 11.3. The van der Waals surface area contributed by atoms with Gasteiger partial charge in [-0.05, 0) is 74.7 Å². The SMILES string of the molecule is COc1ccc2[nH]c3c(c2c1)CCN(C(=O)Nc1c(C)noc1C)C31CCN(CCOc2ccc(C#N)cc2)C1.O=C(O)C(F)(F)F. The lowest BCUT2D eigenvalue weighted by Gasteiger charge is -2.44. The van der Waals surface area contributed by atoms with Gasteiger partial charge < -0.3 is 34.3 Å².